The molecule has 1 aromatic heterocycles. The molecule has 5 heteroatoms. The van der Waals surface area contributed by atoms with Crippen LogP contribution < -0.4 is 10.1 Å². The number of carbonyl (C=O) groups is 1. The molecule has 0 aliphatic carbocycles. The van der Waals surface area contributed by atoms with Crippen LogP contribution in [0, 0.1) is 0 Å². The van der Waals surface area contributed by atoms with Crippen LogP contribution in [-0.2, 0) is 10.2 Å². The van der Waals surface area contributed by atoms with E-state index in [0.717, 1.165) is 10.2 Å². The van der Waals surface area contributed by atoms with Crippen molar-refractivity contribution in [2.45, 2.75) is 26.2 Å². The van der Waals surface area contributed by atoms with E-state index in [-0.39, 0.29) is 17.9 Å². The highest BCUT2D eigenvalue weighted by atomic mass is 32.1. The van der Waals surface area contributed by atoms with Gasteiger partial charge in [0.1, 0.15) is 5.75 Å². The lowest BCUT2D eigenvalue weighted by atomic mass is 9.87. The second-order valence-corrected chi connectivity index (χ2v) is 7.63. The lowest BCUT2D eigenvalue weighted by molar-refractivity contribution is -0.118. The number of aromatic nitrogens is 1. The molecular weight excluding hydrogens is 320 g/mol. The van der Waals surface area contributed by atoms with Crippen LogP contribution in [-0.4, -0.2) is 17.5 Å². The van der Waals surface area contributed by atoms with Crippen molar-refractivity contribution in [2.75, 3.05) is 11.9 Å². The van der Waals surface area contributed by atoms with Crippen LogP contribution in [0.15, 0.2) is 48.5 Å². The lowest BCUT2D eigenvalue weighted by Crippen LogP contribution is -2.20. The van der Waals surface area contributed by atoms with Crippen LogP contribution in [0.3, 0.4) is 0 Å². The second-order valence-electron chi connectivity index (χ2n) is 6.60. The number of thiazole rings is 1. The molecule has 3 rings (SSSR count). The fourth-order valence-corrected chi connectivity index (χ4v) is 3.16. The second kappa shape index (κ2) is 6.61. The number of benzene rings is 2. The van der Waals surface area contributed by atoms with Gasteiger partial charge in [0.05, 0.1) is 10.2 Å². The van der Waals surface area contributed by atoms with Crippen LogP contribution in [0.2, 0.25) is 0 Å². The van der Waals surface area contributed by atoms with Crippen molar-refractivity contribution in [1.29, 1.82) is 0 Å². The van der Waals surface area contributed by atoms with Crippen molar-refractivity contribution in [3.8, 4) is 5.75 Å². The van der Waals surface area contributed by atoms with Crippen molar-refractivity contribution < 1.29 is 9.53 Å². The van der Waals surface area contributed by atoms with E-state index in [1.165, 1.54) is 16.9 Å². The summed E-state index contributed by atoms with van der Waals surface area (Å²) >= 11 is 1.45. The molecule has 24 heavy (non-hydrogen) atoms. The van der Waals surface area contributed by atoms with Crippen LogP contribution in [0.5, 0.6) is 5.75 Å². The summed E-state index contributed by atoms with van der Waals surface area (Å²) in [5.74, 6) is 0.469. The quantitative estimate of drug-likeness (QED) is 0.754. The molecule has 2 aromatic carbocycles. The summed E-state index contributed by atoms with van der Waals surface area (Å²) in [6.07, 6.45) is 0. The van der Waals surface area contributed by atoms with E-state index in [0.29, 0.717) is 10.9 Å². The average molecular weight is 340 g/mol. The molecule has 0 aliphatic rings. The molecule has 1 amide bonds. The van der Waals surface area contributed by atoms with Crippen LogP contribution in [0.4, 0.5) is 5.13 Å². The summed E-state index contributed by atoms with van der Waals surface area (Å²) in [5, 5.41) is 3.37. The van der Waals surface area contributed by atoms with Crippen LogP contribution >= 0.6 is 11.3 Å². The first kappa shape index (κ1) is 16.5. The standard InChI is InChI=1S/C19H20N2O2S/c1-19(2,3)13-8-10-14(11-9-13)23-12-17(22)21-18-20-15-6-4-5-7-16(15)24-18/h4-11H,12H2,1-3H3,(H,20,21,22). The Labute approximate surface area is 145 Å². The van der Waals surface area contributed by atoms with E-state index in [1.54, 1.807) is 0 Å². The van der Waals surface area contributed by atoms with Crippen molar-refractivity contribution in [3.05, 3.63) is 54.1 Å². The Balaban J connectivity index is 1.57. The van der Waals surface area contributed by atoms with Crippen molar-refractivity contribution in [3.63, 3.8) is 0 Å². The third-order valence-corrected chi connectivity index (χ3v) is 4.58. The number of amides is 1. The molecule has 0 saturated heterocycles. The Bertz CT molecular complexity index is 815. The van der Waals surface area contributed by atoms with Gasteiger partial charge in [-0.25, -0.2) is 4.98 Å². The maximum Gasteiger partial charge on any atom is 0.264 e. The molecule has 4 nitrogen and oxygen atoms in total. The SMILES string of the molecule is CC(C)(C)c1ccc(OCC(=O)Nc2nc3ccccc3s2)cc1. The molecule has 3 aromatic rings. The van der Waals surface area contributed by atoms with Gasteiger partial charge < -0.3 is 4.74 Å². The Kier molecular flexibility index (Phi) is 4.53. The molecule has 0 atom stereocenters. The highest BCUT2D eigenvalue weighted by molar-refractivity contribution is 7.22. The highest BCUT2D eigenvalue weighted by Gasteiger charge is 2.13. The van der Waals surface area contributed by atoms with Gasteiger partial charge >= 0.3 is 0 Å². The van der Waals surface area contributed by atoms with E-state index in [1.807, 2.05) is 48.5 Å². The van der Waals surface area contributed by atoms with Crippen molar-refractivity contribution in [2.24, 2.45) is 0 Å². The van der Waals surface area contributed by atoms with E-state index >= 15 is 0 Å². The zero-order valence-corrected chi connectivity index (χ0v) is 14.8. The lowest BCUT2D eigenvalue weighted by Gasteiger charge is -2.19. The summed E-state index contributed by atoms with van der Waals surface area (Å²) in [4.78, 5) is 16.4. The molecule has 0 radical (unpaired) electrons. The minimum atomic E-state index is -0.214. The number of carbonyl (C=O) groups excluding carboxylic acids is 1. The Morgan fingerprint density at radius 2 is 1.83 bits per heavy atom. The molecule has 0 fully saturated rings. The topological polar surface area (TPSA) is 51.2 Å². The maximum absolute atomic E-state index is 12.0. The number of para-hydroxylation sites is 1. The fraction of sp³-hybridized carbons (Fsp3) is 0.263. The molecule has 0 aliphatic heterocycles. The first-order valence-electron chi connectivity index (χ1n) is 7.80. The third kappa shape index (κ3) is 3.92. The Hall–Kier alpha value is -2.40. The zero-order chi connectivity index (χ0) is 17.2. The van der Waals surface area contributed by atoms with Crippen molar-refractivity contribution in [1.82, 2.24) is 4.98 Å². The molecule has 0 bridgehead atoms. The summed E-state index contributed by atoms with van der Waals surface area (Å²) in [6, 6.07) is 15.6. The molecular formula is C19H20N2O2S. The normalized spacial score (nSPS) is 11.5. The number of anilines is 1. The average Bonchev–Trinajstić information content (AvgIpc) is 2.94. The number of nitrogens with one attached hydrogen (secondary N) is 1. The summed E-state index contributed by atoms with van der Waals surface area (Å²) in [7, 11) is 0. The molecule has 0 spiro atoms. The van der Waals surface area contributed by atoms with Gasteiger partial charge in [0.2, 0.25) is 0 Å². The minimum Gasteiger partial charge on any atom is -0.484 e. The minimum absolute atomic E-state index is 0.0369. The molecule has 0 unspecified atom stereocenters. The number of rotatable bonds is 4. The summed E-state index contributed by atoms with van der Waals surface area (Å²) in [6.45, 7) is 6.45. The third-order valence-electron chi connectivity index (χ3n) is 3.63. The first-order valence-corrected chi connectivity index (χ1v) is 8.62. The van der Waals surface area contributed by atoms with Gasteiger partial charge in [-0.1, -0.05) is 56.4 Å². The molecule has 1 heterocycles. The smallest absolute Gasteiger partial charge is 0.264 e. The van der Waals surface area contributed by atoms with Crippen LogP contribution in [0.1, 0.15) is 26.3 Å². The highest BCUT2D eigenvalue weighted by Crippen LogP contribution is 2.26. The van der Waals surface area contributed by atoms with Gasteiger partial charge in [-0.05, 0) is 35.2 Å². The zero-order valence-electron chi connectivity index (χ0n) is 14.0. The Morgan fingerprint density at radius 3 is 2.50 bits per heavy atom. The van der Waals surface area contributed by atoms with E-state index in [4.69, 9.17) is 4.74 Å². The largest absolute Gasteiger partial charge is 0.484 e. The van der Waals surface area contributed by atoms with E-state index in [2.05, 4.69) is 31.1 Å². The van der Waals surface area contributed by atoms with E-state index < -0.39 is 0 Å². The van der Waals surface area contributed by atoms with Gasteiger partial charge in [-0.2, -0.15) is 0 Å². The number of fused-ring (bicyclic) bond motifs is 1. The summed E-state index contributed by atoms with van der Waals surface area (Å²) < 4.78 is 6.59. The first-order chi connectivity index (χ1) is 11.4. The predicted octanol–water partition coefficient (Wildman–Crippen LogP) is 4.61. The maximum atomic E-state index is 12.0. The fourth-order valence-electron chi connectivity index (χ4n) is 2.28. The van der Waals surface area contributed by atoms with Gasteiger partial charge in [-0.15, -0.1) is 0 Å². The monoisotopic (exact) mass is 340 g/mol. The molecule has 1 N–H and O–H groups in total. The van der Waals surface area contributed by atoms with Gasteiger partial charge in [0.15, 0.2) is 11.7 Å². The summed E-state index contributed by atoms with van der Waals surface area (Å²) in [5.41, 5.74) is 2.22. The predicted molar refractivity (Wildman–Crippen MR) is 98.9 cm³/mol. The van der Waals surface area contributed by atoms with Crippen molar-refractivity contribution >= 4 is 32.6 Å². The Morgan fingerprint density at radius 1 is 1.12 bits per heavy atom. The number of nitrogens with zero attached hydrogens (tertiary/aromatic N) is 1. The molecule has 0 saturated carbocycles. The number of ether oxygens (including phenoxy) is 1. The van der Waals surface area contributed by atoms with E-state index in [9.17, 15) is 4.79 Å². The van der Waals surface area contributed by atoms with Crippen LogP contribution in [0.25, 0.3) is 10.2 Å². The molecule has 124 valence electrons. The van der Waals surface area contributed by atoms with Gasteiger partial charge in [0.25, 0.3) is 5.91 Å². The van der Waals surface area contributed by atoms with Gasteiger partial charge in [-0.3, -0.25) is 10.1 Å². The number of hydrogen-bond donors (Lipinski definition) is 1. The number of hydrogen-bond acceptors (Lipinski definition) is 4. The van der Waals surface area contributed by atoms with Gasteiger partial charge in [0, 0.05) is 0 Å².